The van der Waals surface area contributed by atoms with Gasteiger partial charge in [-0.15, -0.1) is 0 Å². The number of ether oxygens (including phenoxy) is 1. The highest BCUT2D eigenvalue weighted by Gasteiger charge is 2.31. The summed E-state index contributed by atoms with van der Waals surface area (Å²) in [4.78, 5) is 34.4. The van der Waals surface area contributed by atoms with Crippen LogP contribution in [0, 0.1) is 12.8 Å². The Labute approximate surface area is 225 Å². The summed E-state index contributed by atoms with van der Waals surface area (Å²) < 4.78 is 9.02. The first-order valence-corrected chi connectivity index (χ1v) is 13.7. The number of para-hydroxylation sites is 2. The zero-order valence-electron chi connectivity index (χ0n) is 23.0. The van der Waals surface area contributed by atoms with Crippen molar-refractivity contribution in [3.05, 3.63) is 58.6 Å². The summed E-state index contributed by atoms with van der Waals surface area (Å²) in [6.07, 6.45) is 6.11. The van der Waals surface area contributed by atoms with Crippen LogP contribution in [0.5, 0.6) is 0 Å². The van der Waals surface area contributed by atoms with Crippen LogP contribution < -0.4 is 11.4 Å². The first kappa shape index (κ1) is 27.9. The van der Waals surface area contributed by atoms with E-state index in [0.29, 0.717) is 24.9 Å². The smallest absolute Gasteiger partial charge is 0.329 e. The molecule has 3 aromatic rings. The maximum absolute atomic E-state index is 13.3. The number of aryl methyl sites for hydroxylation is 2. The topological polar surface area (TPSA) is 98.6 Å². The predicted octanol–water partition coefficient (Wildman–Crippen LogP) is 3.32. The molecule has 0 bridgehead atoms. The van der Waals surface area contributed by atoms with Crippen LogP contribution in [-0.2, 0) is 16.1 Å². The fourth-order valence-corrected chi connectivity index (χ4v) is 5.59. The van der Waals surface area contributed by atoms with E-state index in [0.717, 1.165) is 74.9 Å². The average Bonchev–Trinajstić information content (AvgIpc) is 3.20. The molecule has 206 valence electrons. The van der Waals surface area contributed by atoms with Crippen molar-refractivity contribution < 1.29 is 9.53 Å². The third-order valence-electron chi connectivity index (χ3n) is 7.74. The molecule has 4 heterocycles. The molecule has 0 unspecified atom stereocenters. The molecule has 1 amide bonds. The number of pyridine rings is 1. The van der Waals surface area contributed by atoms with Gasteiger partial charge in [-0.1, -0.05) is 12.1 Å². The zero-order chi connectivity index (χ0) is 27.1. The van der Waals surface area contributed by atoms with Gasteiger partial charge in [-0.2, -0.15) is 0 Å². The lowest BCUT2D eigenvalue weighted by Gasteiger charge is -2.36. The highest BCUT2D eigenvalue weighted by Crippen LogP contribution is 2.28. The van der Waals surface area contributed by atoms with E-state index in [-0.39, 0.29) is 17.6 Å². The number of benzene rings is 1. The van der Waals surface area contributed by atoms with E-state index < -0.39 is 0 Å². The van der Waals surface area contributed by atoms with Gasteiger partial charge in [0.1, 0.15) is 5.82 Å². The number of piperidine rings is 2. The number of imidazole rings is 1. The van der Waals surface area contributed by atoms with Gasteiger partial charge in [-0.25, -0.2) is 9.78 Å². The standard InChI is InChI=1S/C23H34N4O3.C6H8N2/c1-24-13-8-18(9-14-24)22(28)25-15-10-19(11-16-25)27-21-7-4-3-6-20(21)26(23(27)29)12-5-17-30-2;1-5-2-3-8-6(7)4-5/h3-4,6-7,18-19H,5,8-17H2,1-2H3;2-4H,1H3,(H2,7,8). The van der Waals surface area contributed by atoms with Crippen LogP contribution in [0.15, 0.2) is 47.4 Å². The molecule has 2 fully saturated rings. The molecular formula is C29H42N6O3. The number of nitrogens with two attached hydrogens (primary N) is 1. The summed E-state index contributed by atoms with van der Waals surface area (Å²) in [5, 5.41) is 0. The number of methoxy groups -OCH3 is 1. The number of fused-ring (bicyclic) bond motifs is 1. The van der Waals surface area contributed by atoms with Crippen molar-refractivity contribution in [2.24, 2.45) is 5.92 Å². The van der Waals surface area contributed by atoms with Gasteiger partial charge in [0.25, 0.3) is 0 Å². The molecule has 5 rings (SSSR count). The van der Waals surface area contributed by atoms with Crippen LogP contribution in [0.1, 0.15) is 43.7 Å². The molecule has 2 N–H and O–H groups in total. The minimum absolute atomic E-state index is 0.0624. The van der Waals surface area contributed by atoms with Gasteiger partial charge in [0.15, 0.2) is 0 Å². The molecule has 0 atom stereocenters. The van der Waals surface area contributed by atoms with Gasteiger partial charge in [0.2, 0.25) is 5.91 Å². The first-order chi connectivity index (χ1) is 18.4. The molecule has 0 spiro atoms. The Kier molecular flexibility index (Phi) is 9.58. The third kappa shape index (κ3) is 6.63. The van der Waals surface area contributed by atoms with Gasteiger partial charge >= 0.3 is 5.69 Å². The molecule has 0 aliphatic carbocycles. The van der Waals surface area contributed by atoms with E-state index >= 15 is 0 Å². The summed E-state index contributed by atoms with van der Waals surface area (Å²) in [5.74, 6) is 1.07. The zero-order valence-corrected chi connectivity index (χ0v) is 23.0. The molecule has 9 heteroatoms. The number of amides is 1. The van der Waals surface area contributed by atoms with Crippen LogP contribution in [0.2, 0.25) is 0 Å². The molecule has 1 aromatic carbocycles. The second-order valence-electron chi connectivity index (χ2n) is 10.5. The van der Waals surface area contributed by atoms with E-state index in [1.54, 1.807) is 13.3 Å². The maximum Gasteiger partial charge on any atom is 0.329 e. The Morgan fingerprint density at radius 2 is 1.74 bits per heavy atom. The fourth-order valence-electron chi connectivity index (χ4n) is 5.59. The van der Waals surface area contributed by atoms with Crippen molar-refractivity contribution in [3.8, 4) is 0 Å². The normalized spacial score (nSPS) is 17.4. The monoisotopic (exact) mass is 522 g/mol. The van der Waals surface area contributed by atoms with Crippen LogP contribution in [-0.4, -0.2) is 76.8 Å². The fraction of sp³-hybridized carbons (Fsp3) is 0.552. The Bertz CT molecular complexity index is 1240. The molecule has 0 radical (unpaired) electrons. The van der Waals surface area contributed by atoms with Crippen molar-refractivity contribution in [2.75, 3.05) is 52.7 Å². The predicted molar refractivity (Wildman–Crippen MR) is 151 cm³/mol. The largest absolute Gasteiger partial charge is 0.385 e. The van der Waals surface area contributed by atoms with Gasteiger partial charge in [-0.05, 0) is 89.0 Å². The van der Waals surface area contributed by atoms with Crippen LogP contribution in [0.25, 0.3) is 11.0 Å². The number of rotatable bonds is 6. The second-order valence-corrected chi connectivity index (χ2v) is 10.5. The van der Waals surface area contributed by atoms with Crippen molar-refractivity contribution in [2.45, 2.75) is 51.6 Å². The Morgan fingerprint density at radius 3 is 2.34 bits per heavy atom. The number of anilines is 1. The van der Waals surface area contributed by atoms with Crippen molar-refractivity contribution in [1.29, 1.82) is 0 Å². The molecule has 0 saturated carbocycles. The number of nitrogens with zero attached hydrogens (tertiary/aromatic N) is 5. The number of nitrogen functional groups attached to an aromatic ring is 1. The van der Waals surface area contributed by atoms with Crippen LogP contribution >= 0.6 is 0 Å². The third-order valence-corrected chi connectivity index (χ3v) is 7.74. The number of carbonyl (C=O) groups is 1. The van der Waals surface area contributed by atoms with Gasteiger partial charge in [-0.3, -0.25) is 13.9 Å². The molecule has 2 aliphatic rings. The maximum atomic E-state index is 13.3. The highest BCUT2D eigenvalue weighted by molar-refractivity contribution is 5.79. The van der Waals surface area contributed by atoms with E-state index in [4.69, 9.17) is 10.5 Å². The number of carbonyl (C=O) groups excluding carboxylic acids is 1. The summed E-state index contributed by atoms with van der Waals surface area (Å²) in [6, 6.07) is 11.9. The summed E-state index contributed by atoms with van der Waals surface area (Å²) >= 11 is 0. The molecular weight excluding hydrogens is 480 g/mol. The van der Waals surface area contributed by atoms with Crippen molar-refractivity contribution >= 4 is 22.8 Å². The molecule has 2 aromatic heterocycles. The summed E-state index contributed by atoms with van der Waals surface area (Å²) in [5.41, 5.74) is 8.55. The van der Waals surface area contributed by atoms with Gasteiger partial charge in [0.05, 0.1) is 11.0 Å². The summed E-state index contributed by atoms with van der Waals surface area (Å²) in [6.45, 7) is 6.78. The lowest BCUT2D eigenvalue weighted by molar-refractivity contribution is -0.138. The van der Waals surface area contributed by atoms with Gasteiger partial charge in [0, 0.05) is 51.5 Å². The minimum atomic E-state index is 0.0624. The van der Waals surface area contributed by atoms with E-state index in [1.165, 1.54) is 0 Å². The highest BCUT2D eigenvalue weighted by atomic mass is 16.5. The Hall–Kier alpha value is -3.17. The quantitative estimate of drug-likeness (QED) is 0.499. The van der Waals surface area contributed by atoms with Crippen LogP contribution in [0.4, 0.5) is 5.82 Å². The molecule has 38 heavy (non-hydrogen) atoms. The molecule has 9 nitrogen and oxygen atoms in total. The minimum Gasteiger partial charge on any atom is -0.385 e. The lowest BCUT2D eigenvalue weighted by Crippen LogP contribution is -2.45. The number of hydrogen-bond acceptors (Lipinski definition) is 6. The van der Waals surface area contributed by atoms with Crippen molar-refractivity contribution in [1.82, 2.24) is 23.9 Å². The Morgan fingerprint density at radius 1 is 1.05 bits per heavy atom. The van der Waals surface area contributed by atoms with Gasteiger partial charge < -0.3 is 20.3 Å². The number of aromatic nitrogens is 3. The first-order valence-electron chi connectivity index (χ1n) is 13.7. The Balaban J connectivity index is 0.000000360. The average molecular weight is 523 g/mol. The molecule has 2 saturated heterocycles. The van der Waals surface area contributed by atoms with E-state index in [2.05, 4.69) is 16.9 Å². The van der Waals surface area contributed by atoms with Crippen LogP contribution in [0.3, 0.4) is 0 Å². The number of likely N-dealkylation sites (tertiary alicyclic amines) is 2. The molecule has 2 aliphatic heterocycles. The SMILES string of the molecule is COCCCn1c(=O)n(C2CCN(C(=O)C3CCN(C)CC3)CC2)c2ccccc21.Cc1ccnc(N)c1. The summed E-state index contributed by atoms with van der Waals surface area (Å²) in [7, 11) is 3.81. The van der Waals surface area contributed by atoms with Crippen molar-refractivity contribution in [3.63, 3.8) is 0 Å². The lowest BCUT2D eigenvalue weighted by atomic mass is 9.94. The number of hydrogen-bond donors (Lipinski definition) is 1. The van der Waals surface area contributed by atoms with E-state index in [9.17, 15) is 9.59 Å². The van der Waals surface area contributed by atoms with E-state index in [1.807, 2.05) is 57.4 Å². The second kappa shape index (κ2) is 13.1.